The summed E-state index contributed by atoms with van der Waals surface area (Å²) in [7, 11) is 0. The van der Waals surface area contributed by atoms with E-state index in [0.717, 1.165) is 17.0 Å². The van der Waals surface area contributed by atoms with E-state index in [0.29, 0.717) is 5.69 Å². The molecule has 1 heterocycles. The Kier molecular flexibility index (Phi) is 3.60. The number of hydrogen-bond acceptors (Lipinski definition) is 2. The van der Waals surface area contributed by atoms with Crippen LogP contribution in [0.5, 0.6) is 0 Å². The quantitative estimate of drug-likeness (QED) is 0.918. The topological polar surface area (TPSA) is 59.2 Å². The van der Waals surface area contributed by atoms with Gasteiger partial charge >= 0.3 is 12.2 Å². The van der Waals surface area contributed by atoms with Crippen LogP contribution < -0.4 is 10.6 Å². The Hall–Kier alpha value is -2.57. The third-order valence-electron chi connectivity index (χ3n) is 2.58. The minimum atomic E-state index is -4.43. The summed E-state index contributed by atoms with van der Waals surface area (Å²) in [5, 5.41) is 0. The SMILES string of the molecule is NC(=O)N(c1ccc(C(F)(F)F)cc1)c1cccnc1. The highest BCUT2D eigenvalue weighted by Crippen LogP contribution is 2.32. The lowest BCUT2D eigenvalue weighted by Crippen LogP contribution is -2.31. The van der Waals surface area contributed by atoms with E-state index in [-0.39, 0.29) is 5.69 Å². The molecule has 0 aliphatic rings. The largest absolute Gasteiger partial charge is 0.416 e. The predicted molar refractivity (Wildman–Crippen MR) is 67.4 cm³/mol. The van der Waals surface area contributed by atoms with Gasteiger partial charge in [-0.1, -0.05) is 0 Å². The van der Waals surface area contributed by atoms with Gasteiger partial charge in [0, 0.05) is 6.20 Å². The highest BCUT2D eigenvalue weighted by molar-refractivity contribution is 5.98. The molecule has 0 saturated carbocycles. The first-order chi connectivity index (χ1) is 9.39. The summed E-state index contributed by atoms with van der Waals surface area (Å²) in [6.45, 7) is 0. The van der Waals surface area contributed by atoms with E-state index in [1.807, 2.05) is 0 Å². The molecule has 2 rings (SSSR count). The van der Waals surface area contributed by atoms with E-state index in [1.165, 1.54) is 24.5 Å². The summed E-state index contributed by atoms with van der Waals surface area (Å²) >= 11 is 0. The van der Waals surface area contributed by atoms with Crippen LogP contribution in [0.15, 0.2) is 48.8 Å². The lowest BCUT2D eigenvalue weighted by molar-refractivity contribution is -0.137. The number of halogens is 3. The van der Waals surface area contributed by atoms with Gasteiger partial charge in [-0.2, -0.15) is 13.2 Å². The van der Waals surface area contributed by atoms with Crippen molar-refractivity contribution in [2.75, 3.05) is 4.90 Å². The summed E-state index contributed by atoms with van der Waals surface area (Å²) in [6, 6.07) is 6.51. The van der Waals surface area contributed by atoms with E-state index in [4.69, 9.17) is 5.73 Å². The number of aromatic nitrogens is 1. The van der Waals surface area contributed by atoms with Gasteiger partial charge in [-0.25, -0.2) is 4.79 Å². The lowest BCUT2D eigenvalue weighted by Gasteiger charge is -2.20. The lowest BCUT2D eigenvalue weighted by atomic mass is 10.2. The standard InChI is InChI=1S/C13H10F3N3O/c14-13(15,16)9-3-5-10(6-4-9)19(12(17)20)11-2-1-7-18-8-11/h1-8H,(H2,17,20). The molecule has 20 heavy (non-hydrogen) atoms. The van der Waals surface area contributed by atoms with Crippen molar-refractivity contribution in [2.45, 2.75) is 6.18 Å². The summed E-state index contributed by atoms with van der Waals surface area (Å²) in [4.78, 5) is 16.4. The van der Waals surface area contributed by atoms with E-state index < -0.39 is 17.8 Å². The predicted octanol–water partition coefficient (Wildman–Crippen LogP) is 3.32. The molecular formula is C13H10F3N3O. The maximum Gasteiger partial charge on any atom is 0.416 e. The van der Waals surface area contributed by atoms with Gasteiger partial charge in [0.15, 0.2) is 0 Å². The molecule has 2 N–H and O–H groups in total. The van der Waals surface area contributed by atoms with Crippen molar-refractivity contribution < 1.29 is 18.0 Å². The molecule has 1 aromatic carbocycles. The average Bonchev–Trinajstić information content (AvgIpc) is 2.39. The second-order valence-corrected chi connectivity index (χ2v) is 3.93. The number of nitrogens with two attached hydrogens (primary N) is 1. The van der Waals surface area contributed by atoms with Crippen molar-refractivity contribution in [3.05, 3.63) is 54.4 Å². The van der Waals surface area contributed by atoms with Crippen LogP contribution in [0.4, 0.5) is 29.3 Å². The van der Waals surface area contributed by atoms with Crippen LogP contribution in [0.1, 0.15) is 5.56 Å². The Morgan fingerprint density at radius 1 is 1.10 bits per heavy atom. The number of hydrogen-bond donors (Lipinski definition) is 1. The molecule has 0 unspecified atom stereocenters. The molecule has 0 fully saturated rings. The maximum absolute atomic E-state index is 12.5. The molecule has 0 atom stereocenters. The normalized spacial score (nSPS) is 11.2. The Morgan fingerprint density at radius 3 is 2.20 bits per heavy atom. The first-order valence-corrected chi connectivity index (χ1v) is 5.56. The minimum Gasteiger partial charge on any atom is -0.351 e. The molecule has 2 amide bonds. The van der Waals surface area contributed by atoms with Crippen LogP contribution in [-0.2, 0) is 6.18 Å². The van der Waals surface area contributed by atoms with E-state index in [9.17, 15) is 18.0 Å². The number of urea groups is 1. The molecule has 7 heteroatoms. The third-order valence-corrected chi connectivity index (χ3v) is 2.58. The highest BCUT2D eigenvalue weighted by atomic mass is 19.4. The monoisotopic (exact) mass is 281 g/mol. The van der Waals surface area contributed by atoms with Gasteiger partial charge in [-0.05, 0) is 36.4 Å². The van der Waals surface area contributed by atoms with Gasteiger partial charge in [0.2, 0.25) is 0 Å². The Bertz CT molecular complexity index is 597. The van der Waals surface area contributed by atoms with Crippen molar-refractivity contribution in [1.29, 1.82) is 0 Å². The second kappa shape index (κ2) is 5.20. The van der Waals surface area contributed by atoms with Crippen LogP contribution in [0.3, 0.4) is 0 Å². The molecule has 0 aliphatic heterocycles. The number of carbonyl (C=O) groups is 1. The molecule has 2 aromatic rings. The summed E-state index contributed by atoms with van der Waals surface area (Å²) in [5.74, 6) is 0. The maximum atomic E-state index is 12.5. The molecule has 0 radical (unpaired) electrons. The van der Waals surface area contributed by atoms with Crippen LogP contribution in [0, 0.1) is 0 Å². The number of rotatable bonds is 2. The van der Waals surface area contributed by atoms with E-state index >= 15 is 0 Å². The molecule has 0 bridgehead atoms. The first-order valence-electron chi connectivity index (χ1n) is 5.56. The zero-order valence-electron chi connectivity index (χ0n) is 10.1. The smallest absolute Gasteiger partial charge is 0.351 e. The summed E-state index contributed by atoms with van der Waals surface area (Å²) in [6.07, 6.45) is -1.53. The van der Waals surface area contributed by atoms with E-state index in [1.54, 1.807) is 12.1 Å². The van der Waals surface area contributed by atoms with Gasteiger partial charge in [0.1, 0.15) is 0 Å². The number of amides is 2. The average molecular weight is 281 g/mol. The van der Waals surface area contributed by atoms with Gasteiger partial charge in [-0.3, -0.25) is 9.88 Å². The molecule has 0 aliphatic carbocycles. The van der Waals surface area contributed by atoms with Crippen LogP contribution >= 0.6 is 0 Å². The third kappa shape index (κ3) is 2.87. The zero-order chi connectivity index (χ0) is 14.8. The van der Waals surface area contributed by atoms with Crippen molar-refractivity contribution in [1.82, 2.24) is 4.98 Å². The molecule has 0 saturated heterocycles. The van der Waals surface area contributed by atoms with Crippen molar-refractivity contribution in [3.8, 4) is 0 Å². The van der Waals surface area contributed by atoms with Crippen LogP contribution in [0.25, 0.3) is 0 Å². The van der Waals surface area contributed by atoms with Crippen LogP contribution in [0.2, 0.25) is 0 Å². The second-order valence-electron chi connectivity index (χ2n) is 3.93. The fourth-order valence-corrected chi connectivity index (χ4v) is 1.69. The molecular weight excluding hydrogens is 271 g/mol. The number of benzene rings is 1. The van der Waals surface area contributed by atoms with Gasteiger partial charge in [0.25, 0.3) is 0 Å². The van der Waals surface area contributed by atoms with Gasteiger partial charge in [-0.15, -0.1) is 0 Å². The van der Waals surface area contributed by atoms with Crippen molar-refractivity contribution >= 4 is 17.4 Å². The summed E-state index contributed by atoms with van der Waals surface area (Å²) in [5.41, 5.74) is 5.08. The van der Waals surface area contributed by atoms with Gasteiger partial charge < -0.3 is 5.73 Å². The molecule has 104 valence electrons. The fraction of sp³-hybridized carbons (Fsp3) is 0.0769. The summed E-state index contributed by atoms with van der Waals surface area (Å²) < 4.78 is 37.5. The number of anilines is 2. The first kappa shape index (κ1) is 13.9. The molecule has 4 nitrogen and oxygen atoms in total. The number of nitrogens with zero attached hydrogens (tertiary/aromatic N) is 2. The molecule has 1 aromatic heterocycles. The number of carbonyl (C=O) groups excluding carboxylic acids is 1. The minimum absolute atomic E-state index is 0.235. The van der Waals surface area contributed by atoms with Crippen molar-refractivity contribution in [3.63, 3.8) is 0 Å². The number of primary amides is 1. The number of pyridine rings is 1. The highest BCUT2D eigenvalue weighted by Gasteiger charge is 2.30. The zero-order valence-corrected chi connectivity index (χ0v) is 10.1. The Labute approximate surface area is 112 Å². The number of alkyl halides is 3. The Balaban J connectivity index is 2.39. The van der Waals surface area contributed by atoms with Crippen molar-refractivity contribution in [2.24, 2.45) is 5.73 Å². The van der Waals surface area contributed by atoms with E-state index in [2.05, 4.69) is 4.98 Å². The fourth-order valence-electron chi connectivity index (χ4n) is 1.69. The van der Waals surface area contributed by atoms with Gasteiger partial charge in [0.05, 0.1) is 23.1 Å². The Morgan fingerprint density at radius 2 is 1.75 bits per heavy atom. The molecule has 0 spiro atoms. The van der Waals surface area contributed by atoms with Crippen LogP contribution in [-0.4, -0.2) is 11.0 Å².